The minimum absolute atomic E-state index is 0.00678. The lowest BCUT2D eigenvalue weighted by Crippen LogP contribution is -2.42. The fraction of sp³-hybridized carbons (Fsp3) is 0.600. The Balaban J connectivity index is 2.96. The van der Waals surface area contributed by atoms with Gasteiger partial charge < -0.3 is 25.3 Å². The van der Waals surface area contributed by atoms with Gasteiger partial charge in [-0.15, -0.1) is 0 Å². The smallest absolute Gasteiger partial charge is 0.407 e. The van der Waals surface area contributed by atoms with Crippen molar-refractivity contribution in [3.05, 3.63) is 23.8 Å². The van der Waals surface area contributed by atoms with Crippen molar-refractivity contribution in [3.8, 4) is 5.75 Å². The number of hydrogen-bond acceptors (Lipinski definition) is 6. The molecule has 0 saturated carbocycles. The SMILES string of the molecule is COc1ccc(N)c(C[C@@H](CC(=O)OC(C)(C)C)NC(=O)OC(C)(C)C)c1. The van der Waals surface area contributed by atoms with E-state index < -0.39 is 29.3 Å². The lowest BCUT2D eigenvalue weighted by molar-refractivity contribution is -0.155. The van der Waals surface area contributed by atoms with Crippen LogP contribution < -0.4 is 15.8 Å². The Morgan fingerprint density at radius 3 is 2.19 bits per heavy atom. The van der Waals surface area contributed by atoms with Crippen molar-refractivity contribution in [3.63, 3.8) is 0 Å². The lowest BCUT2D eigenvalue weighted by Gasteiger charge is -2.25. The molecule has 1 atom stereocenters. The molecule has 1 aromatic rings. The summed E-state index contributed by atoms with van der Waals surface area (Å²) in [5, 5.41) is 2.75. The monoisotopic (exact) mass is 380 g/mol. The molecular weight excluding hydrogens is 348 g/mol. The molecule has 1 amide bonds. The summed E-state index contributed by atoms with van der Waals surface area (Å²) in [6.45, 7) is 10.7. The molecule has 0 aliphatic rings. The molecule has 0 radical (unpaired) electrons. The van der Waals surface area contributed by atoms with Crippen LogP contribution in [0.4, 0.5) is 10.5 Å². The zero-order valence-corrected chi connectivity index (χ0v) is 17.3. The highest BCUT2D eigenvalue weighted by atomic mass is 16.6. The van der Waals surface area contributed by atoms with E-state index in [4.69, 9.17) is 19.9 Å². The first-order valence-electron chi connectivity index (χ1n) is 8.93. The second kappa shape index (κ2) is 8.97. The van der Waals surface area contributed by atoms with Crippen LogP contribution in [0.5, 0.6) is 5.75 Å². The van der Waals surface area contributed by atoms with Crippen LogP contribution in [0.3, 0.4) is 0 Å². The van der Waals surface area contributed by atoms with Crippen molar-refractivity contribution < 1.29 is 23.8 Å². The zero-order valence-electron chi connectivity index (χ0n) is 17.3. The molecule has 0 aromatic heterocycles. The van der Waals surface area contributed by atoms with Crippen molar-refractivity contribution in [1.29, 1.82) is 0 Å². The van der Waals surface area contributed by atoms with Gasteiger partial charge in [0.2, 0.25) is 0 Å². The second-order valence-electron chi connectivity index (χ2n) is 8.40. The first-order valence-corrected chi connectivity index (χ1v) is 8.93. The third-order valence-electron chi connectivity index (χ3n) is 3.37. The number of rotatable bonds is 6. The molecule has 7 nitrogen and oxygen atoms in total. The predicted octanol–water partition coefficient (Wildman–Crippen LogP) is 3.45. The van der Waals surface area contributed by atoms with Gasteiger partial charge in [0.25, 0.3) is 0 Å². The van der Waals surface area contributed by atoms with Crippen LogP contribution in [0.15, 0.2) is 18.2 Å². The Hall–Kier alpha value is -2.44. The molecule has 0 fully saturated rings. The van der Waals surface area contributed by atoms with Gasteiger partial charge in [0.05, 0.1) is 13.5 Å². The average molecular weight is 380 g/mol. The number of methoxy groups -OCH3 is 1. The highest BCUT2D eigenvalue weighted by Gasteiger charge is 2.25. The number of amides is 1. The largest absolute Gasteiger partial charge is 0.497 e. The van der Waals surface area contributed by atoms with E-state index in [9.17, 15) is 9.59 Å². The first kappa shape index (κ1) is 22.6. The minimum Gasteiger partial charge on any atom is -0.497 e. The number of benzene rings is 1. The van der Waals surface area contributed by atoms with Gasteiger partial charge in [0, 0.05) is 11.7 Å². The van der Waals surface area contributed by atoms with E-state index in [1.165, 1.54) is 0 Å². The number of hydrogen-bond donors (Lipinski definition) is 2. The summed E-state index contributed by atoms with van der Waals surface area (Å²) in [6.07, 6.45) is -0.271. The van der Waals surface area contributed by atoms with Crippen LogP contribution in [0, 0.1) is 0 Å². The van der Waals surface area contributed by atoms with Crippen LogP contribution >= 0.6 is 0 Å². The number of nitrogen functional groups attached to an aromatic ring is 1. The van der Waals surface area contributed by atoms with Crippen LogP contribution in [-0.2, 0) is 20.7 Å². The van der Waals surface area contributed by atoms with Crippen molar-refractivity contribution in [2.45, 2.75) is 71.6 Å². The summed E-state index contributed by atoms with van der Waals surface area (Å²) >= 11 is 0. The molecule has 3 N–H and O–H groups in total. The van der Waals surface area contributed by atoms with Gasteiger partial charge in [0.15, 0.2) is 0 Å². The second-order valence-corrected chi connectivity index (χ2v) is 8.40. The maximum absolute atomic E-state index is 12.3. The summed E-state index contributed by atoms with van der Waals surface area (Å²) in [7, 11) is 1.56. The summed E-state index contributed by atoms with van der Waals surface area (Å²) in [4.78, 5) is 24.5. The maximum atomic E-state index is 12.3. The van der Waals surface area contributed by atoms with Gasteiger partial charge in [-0.3, -0.25) is 4.79 Å². The molecule has 0 saturated heterocycles. The summed E-state index contributed by atoms with van der Waals surface area (Å²) in [5.41, 5.74) is 6.10. The Bertz CT molecular complexity index is 629. The van der Waals surface area contributed by atoms with Crippen molar-refractivity contribution in [1.82, 2.24) is 5.32 Å². The molecule has 0 unspecified atom stereocenters. The van der Waals surface area contributed by atoms with Crippen molar-refractivity contribution in [2.75, 3.05) is 12.8 Å². The zero-order chi connectivity index (χ0) is 20.8. The average Bonchev–Trinajstić information content (AvgIpc) is 2.45. The van der Waals surface area contributed by atoms with Crippen LogP contribution in [0.1, 0.15) is 53.5 Å². The van der Waals surface area contributed by atoms with Crippen LogP contribution in [0.2, 0.25) is 0 Å². The summed E-state index contributed by atoms with van der Waals surface area (Å²) in [5.74, 6) is 0.234. The lowest BCUT2D eigenvalue weighted by atomic mass is 10.0. The predicted molar refractivity (Wildman–Crippen MR) is 105 cm³/mol. The molecule has 0 spiro atoms. The molecule has 27 heavy (non-hydrogen) atoms. The van der Waals surface area contributed by atoms with E-state index in [0.29, 0.717) is 17.9 Å². The number of carbonyl (C=O) groups excluding carboxylic acids is 2. The van der Waals surface area contributed by atoms with E-state index in [0.717, 1.165) is 5.56 Å². The Morgan fingerprint density at radius 2 is 1.67 bits per heavy atom. The fourth-order valence-electron chi connectivity index (χ4n) is 2.38. The molecular formula is C20H32N2O5. The number of carbonyl (C=O) groups is 2. The van der Waals surface area contributed by atoms with Gasteiger partial charge in [-0.25, -0.2) is 4.79 Å². The van der Waals surface area contributed by atoms with Gasteiger partial charge in [-0.1, -0.05) is 0 Å². The Morgan fingerprint density at radius 1 is 1.07 bits per heavy atom. The molecule has 7 heteroatoms. The number of nitrogens with one attached hydrogen (secondary N) is 1. The molecule has 0 aliphatic heterocycles. The fourth-order valence-corrected chi connectivity index (χ4v) is 2.38. The number of ether oxygens (including phenoxy) is 3. The maximum Gasteiger partial charge on any atom is 0.407 e. The standard InChI is InChI=1S/C20H32N2O5/c1-19(2,3)26-17(23)12-14(22-18(24)27-20(4,5)6)10-13-11-15(25-7)8-9-16(13)21/h8-9,11,14H,10,12,21H2,1-7H3,(H,22,24)/t14-/m0/s1. The van der Waals surface area contributed by atoms with E-state index in [2.05, 4.69) is 5.32 Å². The molecule has 0 heterocycles. The third kappa shape index (κ3) is 9.17. The van der Waals surface area contributed by atoms with E-state index in [-0.39, 0.29) is 6.42 Å². The van der Waals surface area contributed by atoms with Gasteiger partial charge in [0.1, 0.15) is 17.0 Å². The van der Waals surface area contributed by atoms with Gasteiger partial charge in [-0.2, -0.15) is 0 Å². The third-order valence-corrected chi connectivity index (χ3v) is 3.37. The minimum atomic E-state index is -0.643. The van der Waals surface area contributed by atoms with Crippen LogP contribution in [0.25, 0.3) is 0 Å². The Kier molecular flexibility index (Phi) is 7.51. The number of alkyl carbamates (subject to hydrolysis) is 1. The number of anilines is 1. The molecule has 1 rings (SSSR count). The number of esters is 1. The summed E-state index contributed by atoms with van der Waals surface area (Å²) in [6, 6.07) is 4.73. The van der Waals surface area contributed by atoms with Crippen molar-refractivity contribution in [2.24, 2.45) is 0 Å². The molecule has 0 bridgehead atoms. The van der Waals surface area contributed by atoms with E-state index in [1.807, 2.05) is 0 Å². The molecule has 1 aromatic carbocycles. The van der Waals surface area contributed by atoms with E-state index in [1.54, 1.807) is 66.9 Å². The van der Waals surface area contributed by atoms with Crippen molar-refractivity contribution >= 4 is 17.7 Å². The highest BCUT2D eigenvalue weighted by molar-refractivity contribution is 5.73. The van der Waals surface area contributed by atoms with Gasteiger partial charge in [-0.05, 0) is 71.7 Å². The Labute approximate surface area is 161 Å². The van der Waals surface area contributed by atoms with Gasteiger partial charge >= 0.3 is 12.1 Å². The first-order chi connectivity index (χ1) is 12.3. The number of nitrogens with two attached hydrogens (primary N) is 1. The quantitative estimate of drug-likeness (QED) is 0.579. The molecule has 0 aliphatic carbocycles. The van der Waals surface area contributed by atoms with Crippen LogP contribution in [-0.4, -0.2) is 36.4 Å². The van der Waals surface area contributed by atoms with E-state index >= 15 is 0 Å². The normalized spacial score (nSPS) is 12.9. The topological polar surface area (TPSA) is 99.9 Å². The summed E-state index contributed by atoms with van der Waals surface area (Å²) < 4.78 is 15.9. The molecule has 152 valence electrons. The highest BCUT2D eigenvalue weighted by Crippen LogP contribution is 2.22.